The van der Waals surface area contributed by atoms with Crippen LogP contribution < -0.4 is 40.5 Å². The fourth-order valence-corrected chi connectivity index (χ4v) is 7.71. The van der Waals surface area contributed by atoms with Crippen molar-refractivity contribution < 1.29 is 45.0 Å². The lowest BCUT2D eigenvalue weighted by molar-refractivity contribution is -0.112. The molecule has 8 aromatic rings. The van der Waals surface area contributed by atoms with Crippen LogP contribution in [0.2, 0.25) is 0 Å². The molecule has 85 heavy (non-hydrogen) atoms. The topological polar surface area (TPSA) is 308 Å². The highest BCUT2D eigenvalue weighted by Gasteiger charge is 2.19. The number of methoxy groups -OCH3 is 2. The molecule has 0 unspecified atom stereocenters. The zero-order valence-electron chi connectivity index (χ0n) is 49.3. The van der Waals surface area contributed by atoms with Gasteiger partial charge in [0.05, 0.1) is 78.0 Å². The van der Waals surface area contributed by atoms with E-state index in [0.29, 0.717) is 58.7 Å². The van der Waals surface area contributed by atoms with E-state index in [1.807, 2.05) is 149 Å². The number of likely N-dealkylation sites (N-methyl/N-ethyl adjacent to an activating group) is 4. The highest BCUT2D eigenvalue weighted by atomic mass is 32.2. The molecule has 0 bridgehead atoms. The Morgan fingerprint density at radius 1 is 0.600 bits per heavy atom. The molecule has 0 radical (unpaired) electrons. The molecule has 0 aliphatic carbocycles. The van der Waals surface area contributed by atoms with Crippen LogP contribution in [0.3, 0.4) is 0 Å². The van der Waals surface area contributed by atoms with E-state index in [1.165, 1.54) is 19.1 Å². The summed E-state index contributed by atoms with van der Waals surface area (Å²) in [5.74, 6) is 2.85. The summed E-state index contributed by atoms with van der Waals surface area (Å²) in [6.07, 6.45) is 11.3. The maximum absolute atomic E-state index is 12.2. The van der Waals surface area contributed by atoms with Crippen molar-refractivity contribution in [2.45, 2.75) is 6.92 Å². The Labute approximate surface area is 496 Å². The van der Waals surface area contributed by atoms with Crippen molar-refractivity contribution in [3.05, 3.63) is 147 Å². The number of hydrogen-bond acceptors (Lipinski definition) is 19. The number of benzene rings is 4. The molecule has 25 nitrogen and oxygen atoms in total. The van der Waals surface area contributed by atoms with Crippen LogP contribution in [0.4, 0.5) is 46.0 Å². The van der Waals surface area contributed by atoms with Crippen LogP contribution in [0, 0.1) is 11.3 Å². The van der Waals surface area contributed by atoms with Crippen LogP contribution in [0.15, 0.2) is 147 Å². The highest BCUT2D eigenvalue weighted by Crippen LogP contribution is 2.39. The third kappa shape index (κ3) is 22.3. The number of amides is 2. The first-order valence-electron chi connectivity index (χ1n) is 25.7. The molecule has 4 heterocycles. The summed E-state index contributed by atoms with van der Waals surface area (Å²) in [6, 6.07) is 33.2. The van der Waals surface area contributed by atoms with Crippen LogP contribution in [0.25, 0.3) is 33.4 Å². The van der Waals surface area contributed by atoms with Gasteiger partial charge in [-0.05, 0) is 99.6 Å². The lowest BCUT2D eigenvalue weighted by Crippen LogP contribution is -2.29. The predicted molar refractivity (Wildman–Crippen MR) is 338 cm³/mol. The molecule has 0 aliphatic rings. The van der Waals surface area contributed by atoms with Gasteiger partial charge in [0.15, 0.2) is 0 Å². The van der Waals surface area contributed by atoms with Crippen LogP contribution in [-0.4, -0.2) is 172 Å². The van der Waals surface area contributed by atoms with Crippen molar-refractivity contribution in [3.63, 3.8) is 0 Å². The van der Waals surface area contributed by atoms with Crippen LogP contribution >= 0.6 is 0 Å². The maximum Gasteiger partial charge on any atom is 0.261 e. The normalized spacial score (nSPS) is 10.7. The molecule has 0 atom stereocenters. The molecule has 4 aromatic carbocycles. The van der Waals surface area contributed by atoms with Crippen molar-refractivity contribution in [2.24, 2.45) is 0 Å². The number of fused-ring (bicyclic) bond motifs is 2. The fraction of sp³-hybridized carbons (Fsp3) is 0.259. The van der Waals surface area contributed by atoms with Crippen LogP contribution in [-0.2, 0) is 29.8 Å². The van der Waals surface area contributed by atoms with Crippen molar-refractivity contribution in [3.8, 4) is 29.2 Å². The molecule has 27 heteroatoms. The number of nitriles is 1. The summed E-state index contributed by atoms with van der Waals surface area (Å²) in [7, 11) is 7.91. The third-order valence-corrected chi connectivity index (χ3v) is 11.6. The van der Waals surface area contributed by atoms with Crippen molar-refractivity contribution in [2.75, 3.05) is 126 Å². The number of anilines is 8. The minimum absolute atomic E-state index is 0.300. The summed E-state index contributed by atoms with van der Waals surface area (Å²) in [5.41, 5.74) is 6.24. The van der Waals surface area contributed by atoms with Gasteiger partial charge in [-0.25, -0.2) is 9.97 Å². The van der Waals surface area contributed by atoms with Crippen molar-refractivity contribution in [1.29, 1.82) is 5.26 Å². The van der Waals surface area contributed by atoms with Gasteiger partial charge in [0, 0.05) is 84.1 Å². The number of rotatable bonds is 20. The van der Waals surface area contributed by atoms with Gasteiger partial charge in [0.25, 0.3) is 20.2 Å². The van der Waals surface area contributed by atoms with E-state index < -0.39 is 20.2 Å². The Bertz CT molecular complexity index is 3570. The molecule has 0 saturated carbocycles. The van der Waals surface area contributed by atoms with E-state index in [1.54, 1.807) is 32.7 Å². The average Bonchev–Trinajstić information content (AvgIpc) is 2.86. The Morgan fingerprint density at radius 3 is 1.26 bits per heavy atom. The Hall–Kier alpha value is -9.43. The zero-order valence-corrected chi connectivity index (χ0v) is 51.0. The number of para-hydroxylation sites is 2. The van der Waals surface area contributed by atoms with E-state index in [4.69, 9.17) is 33.8 Å². The lowest BCUT2D eigenvalue weighted by atomic mass is 10.2. The van der Waals surface area contributed by atoms with Gasteiger partial charge in [-0.15, -0.1) is 0 Å². The summed E-state index contributed by atoms with van der Waals surface area (Å²) in [4.78, 5) is 51.0. The Morgan fingerprint density at radius 2 is 0.941 bits per heavy atom. The summed E-state index contributed by atoms with van der Waals surface area (Å²) in [5, 5.41) is 21.9. The van der Waals surface area contributed by atoms with Gasteiger partial charge in [-0.2, -0.15) is 32.1 Å². The van der Waals surface area contributed by atoms with E-state index >= 15 is 0 Å². The molecule has 2 amide bonds. The number of ether oxygens (including phenoxy) is 2. The maximum atomic E-state index is 12.2. The highest BCUT2D eigenvalue weighted by molar-refractivity contribution is 7.85. The Balaban J connectivity index is 0.000000302. The molecule has 4 aromatic heterocycles. The second kappa shape index (κ2) is 32.4. The molecule has 0 spiro atoms. The van der Waals surface area contributed by atoms with E-state index in [2.05, 4.69) is 76.1 Å². The first kappa shape index (κ1) is 68.1. The molecular formula is C58H73N15O10S2. The number of aromatic nitrogens is 6. The van der Waals surface area contributed by atoms with E-state index in [9.17, 15) is 26.4 Å². The van der Waals surface area contributed by atoms with Gasteiger partial charge in [-0.3, -0.25) is 18.7 Å². The second-order valence-electron chi connectivity index (χ2n) is 18.9. The molecule has 8 rings (SSSR count). The second-order valence-corrected chi connectivity index (χ2v) is 21.8. The predicted octanol–water partition coefficient (Wildman–Crippen LogP) is 8.13. The van der Waals surface area contributed by atoms with E-state index in [-0.39, 0.29) is 11.8 Å². The number of nitrogens with one attached hydrogen (secondary N) is 4. The van der Waals surface area contributed by atoms with Gasteiger partial charge < -0.3 is 59.5 Å². The molecule has 0 fully saturated rings. The lowest BCUT2D eigenvalue weighted by Gasteiger charge is -2.26. The quantitative estimate of drug-likeness (QED) is 0.0310. The standard InChI is InChI=1S/2C27H31N7O2.C2H3N.2CH4O3S/c2*1-6-26(35)29-20-17-21(24(36-5)18-23(20)33(4)16-15-32(2)3)30-27-28-13-11-25(31-27)34-14-12-19-9-7-8-10-22(19)34;1-2-3;2*1-5(2,3)4/h2*6-14,17-18H,1,15-16H2,2-5H3,(H,29,35)(H,28,30,31);1H3;2*1H3,(H,2,3,4). The molecular weight excluding hydrogens is 1130 g/mol. The summed E-state index contributed by atoms with van der Waals surface area (Å²) < 4.78 is 67.1. The first-order chi connectivity index (χ1) is 40.2. The van der Waals surface area contributed by atoms with Crippen LogP contribution in [0.5, 0.6) is 11.5 Å². The first-order valence-corrected chi connectivity index (χ1v) is 29.4. The van der Waals surface area contributed by atoms with Crippen molar-refractivity contribution in [1.82, 2.24) is 38.9 Å². The molecule has 0 saturated heterocycles. The largest absolute Gasteiger partial charge is 0.494 e. The smallest absolute Gasteiger partial charge is 0.261 e. The minimum atomic E-state index is -3.67. The summed E-state index contributed by atoms with van der Waals surface area (Å²) in [6.45, 7) is 11.8. The number of carbonyl (C=O) groups excluding carboxylic acids is 2. The monoisotopic (exact) mass is 1200 g/mol. The SMILES string of the molecule is C=CC(=O)Nc1cc(Nc2nccc(-n3ccc4ccccc43)n2)c(OC)cc1N(C)CCN(C)C.C=CC(=O)Nc1cc(Nc2nccc(-n3ccc4ccccc43)n2)c(OC)cc1N(C)CCN(C)C.CC#N.CS(=O)(=O)O.CS(=O)(=O)O. The summed E-state index contributed by atoms with van der Waals surface area (Å²) >= 11 is 0. The average molecular weight is 1200 g/mol. The van der Waals surface area contributed by atoms with Gasteiger partial charge >= 0.3 is 0 Å². The fourth-order valence-electron chi connectivity index (χ4n) is 7.71. The molecule has 452 valence electrons. The molecule has 6 N–H and O–H groups in total. The number of nitrogens with zero attached hydrogens (tertiary/aromatic N) is 11. The minimum Gasteiger partial charge on any atom is -0.494 e. The number of carbonyl (C=O) groups is 2. The van der Waals surface area contributed by atoms with Crippen LogP contribution in [0.1, 0.15) is 6.92 Å². The van der Waals surface area contributed by atoms with Gasteiger partial charge in [0.2, 0.25) is 23.7 Å². The zero-order chi connectivity index (χ0) is 63.0. The number of hydrogen-bond donors (Lipinski definition) is 6. The van der Waals surface area contributed by atoms with Crippen molar-refractivity contribution >= 4 is 99.9 Å². The van der Waals surface area contributed by atoms with Gasteiger partial charge in [-0.1, -0.05) is 49.6 Å². The van der Waals surface area contributed by atoms with Gasteiger partial charge in [0.1, 0.15) is 23.1 Å². The van der Waals surface area contributed by atoms with E-state index in [0.717, 1.165) is 71.0 Å². The third-order valence-electron chi connectivity index (χ3n) is 11.6. The Kier molecular flexibility index (Phi) is 26.0. The molecule has 0 aliphatic heterocycles.